The van der Waals surface area contributed by atoms with Crippen LogP contribution in [0.15, 0.2) is 55.0 Å². The van der Waals surface area contributed by atoms with E-state index in [1.165, 1.54) is 0 Å². The highest BCUT2D eigenvalue weighted by Gasteiger charge is 2.20. The molecule has 1 aromatic carbocycles. The Balaban J connectivity index is 1.33. The molecule has 0 amide bonds. The number of hydrogen-bond donors (Lipinski definition) is 1. The number of ketones is 1. The van der Waals surface area contributed by atoms with Crippen molar-refractivity contribution >= 4 is 22.5 Å². The largest absolute Gasteiger partial charge is 0.356 e. The Morgan fingerprint density at radius 1 is 1.09 bits per heavy atom. The minimum absolute atomic E-state index is 0.0147. The van der Waals surface area contributed by atoms with E-state index in [0.29, 0.717) is 17.3 Å². The number of hydrogen-bond acceptors (Lipinski definition) is 7. The van der Waals surface area contributed by atoms with Crippen LogP contribution >= 0.6 is 0 Å². The SMILES string of the molecule is CNC1CCN(c2cc(C(=O)Cc3cc4cc(-c5cnn(C)c5)ccc4nn3)ccn2)CC1. The minimum atomic E-state index is 0.0147. The number of fused-ring (bicyclic) bond motifs is 1. The summed E-state index contributed by atoms with van der Waals surface area (Å²) in [5.41, 5.74) is 4.21. The first-order valence-electron chi connectivity index (χ1n) is 11.3. The quantitative estimate of drug-likeness (QED) is 0.460. The molecule has 1 N–H and O–H groups in total. The molecular formula is C25H27N7O. The van der Waals surface area contributed by atoms with Gasteiger partial charge in [-0.15, -0.1) is 0 Å². The van der Waals surface area contributed by atoms with Crippen LogP contribution in [0.5, 0.6) is 0 Å². The number of nitrogens with zero attached hydrogens (tertiary/aromatic N) is 6. The summed E-state index contributed by atoms with van der Waals surface area (Å²) in [5.74, 6) is 0.877. The molecule has 0 aliphatic carbocycles. The molecule has 4 heterocycles. The predicted octanol–water partition coefficient (Wildman–Crippen LogP) is 3.04. The van der Waals surface area contributed by atoms with Crippen molar-refractivity contribution in [3.05, 3.63) is 66.2 Å². The van der Waals surface area contributed by atoms with Gasteiger partial charge in [0, 0.05) is 55.1 Å². The van der Waals surface area contributed by atoms with E-state index in [-0.39, 0.29) is 12.2 Å². The average molecular weight is 442 g/mol. The summed E-state index contributed by atoms with van der Waals surface area (Å²) < 4.78 is 1.78. The number of pyridine rings is 1. The Labute approximate surface area is 192 Å². The third-order valence-corrected chi connectivity index (χ3v) is 6.31. The van der Waals surface area contributed by atoms with E-state index in [1.807, 2.05) is 50.8 Å². The molecule has 0 atom stereocenters. The molecule has 8 nitrogen and oxygen atoms in total. The molecule has 33 heavy (non-hydrogen) atoms. The highest BCUT2D eigenvalue weighted by atomic mass is 16.1. The van der Waals surface area contributed by atoms with Gasteiger partial charge in [-0.2, -0.15) is 15.3 Å². The van der Waals surface area contributed by atoms with Crippen LogP contribution in [-0.2, 0) is 13.5 Å². The number of Topliss-reactive ketones (excluding diaryl/α,β-unsaturated/α-hetero) is 1. The fourth-order valence-corrected chi connectivity index (χ4v) is 4.35. The van der Waals surface area contributed by atoms with Crippen molar-refractivity contribution in [3.63, 3.8) is 0 Å². The molecule has 1 saturated heterocycles. The number of rotatable bonds is 6. The Kier molecular flexibility index (Phi) is 5.83. The van der Waals surface area contributed by atoms with Crippen LogP contribution in [0.3, 0.4) is 0 Å². The van der Waals surface area contributed by atoms with Crippen molar-refractivity contribution in [3.8, 4) is 11.1 Å². The molecule has 5 rings (SSSR count). The van der Waals surface area contributed by atoms with Crippen LogP contribution < -0.4 is 10.2 Å². The molecular weight excluding hydrogens is 414 g/mol. The highest BCUT2D eigenvalue weighted by molar-refractivity contribution is 5.98. The van der Waals surface area contributed by atoms with Crippen molar-refractivity contribution in [1.82, 2.24) is 30.3 Å². The van der Waals surface area contributed by atoms with Crippen molar-refractivity contribution in [2.75, 3.05) is 25.0 Å². The second-order valence-electron chi connectivity index (χ2n) is 8.56. The van der Waals surface area contributed by atoms with Gasteiger partial charge in [-0.3, -0.25) is 9.48 Å². The number of benzene rings is 1. The van der Waals surface area contributed by atoms with Gasteiger partial charge in [0.1, 0.15) is 5.82 Å². The highest BCUT2D eigenvalue weighted by Crippen LogP contribution is 2.24. The zero-order valence-electron chi connectivity index (χ0n) is 18.9. The van der Waals surface area contributed by atoms with Gasteiger partial charge >= 0.3 is 0 Å². The topological polar surface area (TPSA) is 88.8 Å². The van der Waals surface area contributed by atoms with Crippen molar-refractivity contribution < 1.29 is 4.79 Å². The number of carbonyl (C=O) groups excluding carboxylic acids is 1. The number of aromatic nitrogens is 5. The van der Waals surface area contributed by atoms with Crippen LogP contribution in [0, 0.1) is 0 Å². The molecule has 8 heteroatoms. The minimum Gasteiger partial charge on any atom is -0.356 e. The summed E-state index contributed by atoms with van der Waals surface area (Å²) in [6.07, 6.45) is 7.88. The van der Waals surface area contributed by atoms with Crippen LogP contribution in [0.2, 0.25) is 0 Å². The first-order valence-corrected chi connectivity index (χ1v) is 11.3. The molecule has 4 aromatic rings. The lowest BCUT2D eigenvalue weighted by Crippen LogP contribution is -2.41. The first kappa shape index (κ1) is 21.2. The van der Waals surface area contributed by atoms with Gasteiger partial charge in [0.05, 0.1) is 23.8 Å². The van der Waals surface area contributed by atoms with Gasteiger partial charge < -0.3 is 10.2 Å². The van der Waals surface area contributed by atoms with Crippen LogP contribution in [0.4, 0.5) is 5.82 Å². The first-order chi connectivity index (χ1) is 16.1. The Morgan fingerprint density at radius 2 is 1.94 bits per heavy atom. The maximum absolute atomic E-state index is 13.0. The van der Waals surface area contributed by atoms with Gasteiger partial charge in [-0.05, 0) is 55.8 Å². The van der Waals surface area contributed by atoms with Crippen LogP contribution in [0.1, 0.15) is 28.9 Å². The zero-order chi connectivity index (χ0) is 22.8. The lowest BCUT2D eigenvalue weighted by atomic mass is 10.0. The van der Waals surface area contributed by atoms with Gasteiger partial charge in [-0.25, -0.2) is 4.98 Å². The summed E-state index contributed by atoms with van der Waals surface area (Å²) in [6.45, 7) is 1.87. The van der Waals surface area contributed by atoms with E-state index in [4.69, 9.17) is 0 Å². The number of nitrogens with one attached hydrogen (secondary N) is 1. The average Bonchev–Trinajstić information content (AvgIpc) is 3.30. The second kappa shape index (κ2) is 9.07. The molecule has 1 fully saturated rings. The van der Waals surface area contributed by atoms with Gasteiger partial charge in [-0.1, -0.05) is 6.07 Å². The molecule has 0 unspecified atom stereocenters. The molecule has 0 saturated carbocycles. The van der Waals surface area contributed by atoms with Crippen LogP contribution in [-0.4, -0.2) is 56.9 Å². The summed E-state index contributed by atoms with van der Waals surface area (Å²) in [4.78, 5) is 19.8. The third kappa shape index (κ3) is 4.61. The van der Waals surface area contributed by atoms with E-state index < -0.39 is 0 Å². The standard InChI is InChI=1S/C25H27N7O/c1-26-21-6-9-32(10-7-21)25-13-18(5-8-27-25)24(33)14-22-12-19-11-17(3-4-23(19)30-29-22)20-15-28-31(2)16-20/h3-5,8,11-13,15-16,21,26H,6-7,9-10,14H2,1-2H3. The van der Waals surface area contributed by atoms with Gasteiger partial charge in [0.15, 0.2) is 5.78 Å². The number of anilines is 1. The third-order valence-electron chi connectivity index (χ3n) is 6.31. The Hall–Kier alpha value is -3.65. The van der Waals surface area contributed by atoms with Crippen LogP contribution in [0.25, 0.3) is 22.0 Å². The summed E-state index contributed by atoms with van der Waals surface area (Å²) in [6, 6.07) is 12.2. The summed E-state index contributed by atoms with van der Waals surface area (Å²) >= 11 is 0. The monoisotopic (exact) mass is 441 g/mol. The van der Waals surface area contributed by atoms with E-state index >= 15 is 0 Å². The Bertz CT molecular complexity index is 1290. The molecule has 0 bridgehead atoms. The fraction of sp³-hybridized carbons (Fsp3) is 0.320. The number of piperidine rings is 1. The van der Waals surface area contributed by atoms with Crippen molar-refractivity contribution in [2.45, 2.75) is 25.3 Å². The Morgan fingerprint density at radius 3 is 2.70 bits per heavy atom. The van der Waals surface area contributed by atoms with E-state index in [1.54, 1.807) is 16.9 Å². The van der Waals surface area contributed by atoms with Crippen molar-refractivity contribution in [2.24, 2.45) is 7.05 Å². The fourth-order valence-electron chi connectivity index (χ4n) is 4.35. The maximum atomic E-state index is 13.0. The smallest absolute Gasteiger partial charge is 0.169 e. The normalized spacial score (nSPS) is 14.7. The lowest BCUT2D eigenvalue weighted by molar-refractivity contribution is 0.0991. The van der Waals surface area contributed by atoms with E-state index in [0.717, 1.165) is 53.8 Å². The molecule has 1 aliphatic rings. The van der Waals surface area contributed by atoms with Crippen molar-refractivity contribution in [1.29, 1.82) is 0 Å². The van der Waals surface area contributed by atoms with Gasteiger partial charge in [0.25, 0.3) is 0 Å². The summed E-state index contributed by atoms with van der Waals surface area (Å²) in [5, 5.41) is 17.2. The second-order valence-corrected chi connectivity index (χ2v) is 8.56. The lowest BCUT2D eigenvalue weighted by Gasteiger charge is -2.32. The number of aryl methyl sites for hydroxylation is 1. The molecule has 3 aromatic heterocycles. The maximum Gasteiger partial charge on any atom is 0.169 e. The number of carbonyl (C=O) groups is 1. The molecule has 168 valence electrons. The predicted molar refractivity (Wildman–Crippen MR) is 128 cm³/mol. The molecule has 0 spiro atoms. The molecule has 0 radical (unpaired) electrons. The summed E-state index contributed by atoms with van der Waals surface area (Å²) in [7, 11) is 3.90. The van der Waals surface area contributed by atoms with E-state index in [2.05, 4.69) is 36.6 Å². The molecule has 1 aliphatic heterocycles. The van der Waals surface area contributed by atoms with E-state index in [9.17, 15) is 4.79 Å². The zero-order valence-corrected chi connectivity index (χ0v) is 18.9. The van der Waals surface area contributed by atoms with Gasteiger partial charge in [0.2, 0.25) is 0 Å².